The number of urea groups is 1. The minimum atomic E-state index is -0.395. The first-order valence-corrected chi connectivity index (χ1v) is 10.0. The summed E-state index contributed by atoms with van der Waals surface area (Å²) >= 11 is 0. The van der Waals surface area contributed by atoms with Crippen molar-refractivity contribution in [3.63, 3.8) is 0 Å². The summed E-state index contributed by atoms with van der Waals surface area (Å²) < 4.78 is 10.1. The Morgan fingerprint density at radius 3 is 2.66 bits per heavy atom. The second kappa shape index (κ2) is 9.73. The van der Waals surface area contributed by atoms with Gasteiger partial charge in [-0.2, -0.15) is 0 Å². The summed E-state index contributed by atoms with van der Waals surface area (Å²) in [5, 5.41) is 5.86. The van der Waals surface area contributed by atoms with E-state index in [0.717, 1.165) is 17.7 Å². The van der Waals surface area contributed by atoms with Crippen molar-refractivity contribution in [3.8, 4) is 5.75 Å². The molecule has 1 saturated carbocycles. The number of amides is 4. The Labute approximate surface area is 170 Å². The van der Waals surface area contributed by atoms with E-state index >= 15 is 0 Å². The summed E-state index contributed by atoms with van der Waals surface area (Å²) in [5.74, 6) is 0.0982. The van der Waals surface area contributed by atoms with Gasteiger partial charge in [-0.1, -0.05) is 12.1 Å². The molecule has 0 spiro atoms. The van der Waals surface area contributed by atoms with Crippen molar-refractivity contribution in [2.75, 3.05) is 27.4 Å². The SMILES string of the molecule is COCCCNC(=O)C1CCC2C(=O)N(Cc3ccc(OC)cc3)C(=O)NC2C1. The van der Waals surface area contributed by atoms with Crippen molar-refractivity contribution >= 4 is 17.8 Å². The number of nitrogens with one attached hydrogen (secondary N) is 2. The Morgan fingerprint density at radius 1 is 1.21 bits per heavy atom. The van der Waals surface area contributed by atoms with Crippen LogP contribution < -0.4 is 15.4 Å². The number of benzene rings is 1. The highest BCUT2D eigenvalue weighted by atomic mass is 16.5. The molecule has 1 heterocycles. The van der Waals surface area contributed by atoms with Gasteiger partial charge in [0.25, 0.3) is 0 Å². The molecule has 8 nitrogen and oxygen atoms in total. The van der Waals surface area contributed by atoms with Crippen LogP contribution in [0, 0.1) is 11.8 Å². The van der Waals surface area contributed by atoms with E-state index in [4.69, 9.17) is 9.47 Å². The predicted octanol–water partition coefficient (Wildman–Crippen LogP) is 1.68. The van der Waals surface area contributed by atoms with E-state index in [9.17, 15) is 14.4 Å². The largest absolute Gasteiger partial charge is 0.497 e. The lowest BCUT2D eigenvalue weighted by molar-refractivity contribution is -0.139. The highest BCUT2D eigenvalue weighted by molar-refractivity contribution is 5.99. The number of nitrogens with zero attached hydrogens (tertiary/aromatic N) is 1. The molecule has 3 rings (SSSR count). The fourth-order valence-corrected chi connectivity index (χ4v) is 4.04. The molecule has 1 saturated heterocycles. The number of carbonyl (C=O) groups excluding carboxylic acids is 3. The average Bonchev–Trinajstić information content (AvgIpc) is 2.74. The van der Waals surface area contributed by atoms with Gasteiger partial charge in [-0.05, 0) is 43.4 Å². The van der Waals surface area contributed by atoms with Crippen LogP contribution in [0.1, 0.15) is 31.2 Å². The summed E-state index contributed by atoms with van der Waals surface area (Å²) in [6.07, 6.45) is 2.50. The van der Waals surface area contributed by atoms with Crippen LogP contribution in [0.15, 0.2) is 24.3 Å². The molecular weight excluding hydrogens is 374 g/mol. The number of hydrogen-bond donors (Lipinski definition) is 2. The van der Waals surface area contributed by atoms with E-state index in [0.29, 0.717) is 32.4 Å². The zero-order valence-electron chi connectivity index (χ0n) is 17.0. The first-order valence-electron chi connectivity index (χ1n) is 10.0. The van der Waals surface area contributed by atoms with Crippen molar-refractivity contribution in [2.24, 2.45) is 11.8 Å². The Morgan fingerprint density at radius 2 is 1.97 bits per heavy atom. The molecule has 3 atom stereocenters. The summed E-state index contributed by atoms with van der Waals surface area (Å²) in [5.41, 5.74) is 0.858. The van der Waals surface area contributed by atoms with Gasteiger partial charge in [-0.3, -0.25) is 14.5 Å². The zero-order chi connectivity index (χ0) is 20.8. The molecule has 0 radical (unpaired) electrons. The quantitative estimate of drug-likeness (QED) is 0.644. The fourth-order valence-electron chi connectivity index (χ4n) is 4.04. The van der Waals surface area contributed by atoms with E-state index in [-0.39, 0.29) is 36.2 Å². The highest BCUT2D eigenvalue weighted by Gasteiger charge is 2.45. The maximum atomic E-state index is 12.9. The molecule has 1 aliphatic carbocycles. The first kappa shape index (κ1) is 21.1. The second-order valence-electron chi connectivity index (χ2n) is 7.58. The van der Waals surface area contributed by atoms with Crippen LogP contribution in [0.4, 0.5) is 4.79 Å². The fraction of sp³-hybridized carbons (Fsp3) is 0.571. The van der Waals surface area contributed by atoms with Crippen LogP contribution in [0.25, 0.3) is 0 Å². The standard InChI is InChI=1S/C21H29N3O5/c1-28-11-3-10-22-19(25)15-6-9-17-18(12-15)23-21(27)24(20(17)26)13-14-4-7-16(29-2)8-5-14/h4-5,7-8,15,17-18H,3,6,9-13H2,1-2H3,(H,22,25)(H,23,27). The molecule has 1 aromatic carbocycles. The van der Waals surface area contributed by atoms with Gasteiger partial charge < -0.3 is 20.1 Å². The Hall–Kier alpha value is -2.61. The Kier molecular flexibility index (Phi) is 7.09. The topological polar surface area (TPSA) is 97.0 Å². The van der Waals surface area contributed by atoms with Crippen molar-refractivity contribution < 1.29 is 23.9 Å². The third kappa shape index (κ3) is 5.06. The zero-order valence-corrected chi connectivity index (χ0v) is 17.0. The number of carbonyl (C=O) groups is 3. The van der Waals surface area contributed by atoms with Gasteiger partial charge in [0.2, 0.25) is 11.8 Å². The summed E-state index contributed by atoms with van der Waals surface area (Å²) in [6, 6.07) is 6.62. The van der Waals surface area contributed by atoms with E-state index in [1.54, 1.807) is 26.4 Å². The molecule has 29 heavy (non-hydrogen) atoms. The summed E-state index contributed by atoms with van der Waals surface area (Å²) in [4.78, 5) is 39.2. The molecule has 3 unspecified atom stereocenters. The minimum Gasteiger partial charge on any atom is -0.497 e. The molecule has 8 heteroatoms. The molecule has 4 amide bonds. The lowest BCUT2D eigenvalue weighted by atomic mass is 9.76. The van der Waals surface area contributed by atoms with Crippen LogP contribution >= 0.6 is 0 Å². The molecule has 2 N–H and O–H groups in total. The van der Waals surface area contributed by atoms with E-state index < -0.39 is 6.03 Å². The smallest absolute Gasteiger partial charge is 0.324 e. The van der Waals surface area contributed by atoms with Crippen LogP contribution in [0.5, 0.6) is 5.75 Å². The average molecular weight is 403 g/mol. The van der Waals surface area contributed by atoms with Gasteiger partial charge in [0.15, 0.2) is 0 Å². The normalized spacial score (nSPS) is 23.9. The van der Waals surface area contributed by atoms with E-state index in [1.807, 2.05) is 12.1 Å². The summed E-state index contributed by atoms with van der Waals surface area (Å²) in [6.45, 7) is 1.39. The second-order valence-corrected chi connectivity index (χ2v) is 7.58. The Bertz CT molecular complexity index is 736. The number of ether oxygens (including phenoxy) is 2. The predicted molar refractivity (Wildman–Crippen MR) is 106 cm³/mol. The molecule has 1 aliphatic heterocycles. The molecule has 1 aromatic rings. The molecule has 2 aliphatic rings. The monoisotopic (exact) mass is 403 g/mol. The van der Waals surface area contributed by atoms with E-state index in [2.05, 4.69) is 10.6 Å². The number of methoxy groups -OCH3 is 2. The van der Waals surface area contributed by atoms with Crippen molar-refractivity contribution in [1.82, 2.24) is 15.5 Å². The van der Waals surface area contributed by atoms with Crippen molar-refractivity contribution in [1.29, 1.82) is 0 Å². The number of rotatable bonds is 8. The van der Waals surface area contributed by atoms with Gasteiger partial charge in [0.05, 0.1) is 19.6 Å². The molecule has 0 bridgehead atoms. The van der Waals surface area contributed by atoms with Gasteiger partial charge >= 0.3 is 6.03 Å². The number of hydrogen-bond acceptors (Lipinski definition) is 5. The highest BCUT2D eigenvalue weighted by Crippen LogP contribution is 2.33. The first-order chi connectivity index (χ1) is 14.0. The van der Waals surface area contributed by atoms with Gasteiger partial charge in [0, 0.05) is 32.2 Å². The third-order valence-electron chi connectivity index (χ3n) is 5.68. The van der Waals surface area contributed by atoms with Crippen LogP contribution in [0.3, 0.4) is 0 Å². The Balaban J connectivity index is 1.57. The summed E-state index contributed by atoms with van der Waals surface area (Å²) in [7, 11) is 3.22. The van der Waals surface area contributed by atoms with Crippen molar-refractivity contribution in [3.05, 3.63) is 29.8 Å². The van der Waals surface area contributed by atoms with Gasteiger partial charge in [0.1, 0.15) is 5.75 Å². The third-order valence-corrected chi connectivity index (χ3v) is 5.68. The van der Waals surface area contributed by atoms with Crippen molar-refractivity contribution in [2.45, 2.75) is 38.3 Å². The molecule has 2 fully saturated rings. The van der Waals surface area contributed by atoms with Gasteiger partial charge in [-0.25, -0.2) is 4.79 Å². The number of imide groups is 1. The number of fused-ring (bicyclic) bond motifs is 1. The van der Waals surface area contributed by atoms with Gasteiger partial charge in [-0.15, -0.1) is 0 Å². The minimum absolute atomic E-state index is 0.0121. The van der Waals surface area contributed by atoms with Crippen LogP contribution in [-0.2, 0) is 20.9 Å². The maximum absolute atomic E-state index is 12.9. The van der Waals surface area contributed by atoms with Crippen LogP contribution in [0.2, 0.25) is 0 Å². The lowest BCUT2D eigenvalue weighted by Gasteiger charge is -2.42. The maximum Gasteiger partial charge on any atom is 0.324 e. The lowest BCUT2D eigenvalue weighted by Crippen LogP contribution is -2.61. The van der Waals surface area contributed by atoms with Crippen LogP contribution in [-0.4, -0.2) is 56.2 Å². The molecular formula is C21H29N3O5. The molecule has 0 aromatic heterocycles. The molecule has 158 valence electrons. The van der Waals surface area contributed by atoms with E-state index in [1.165, 1.54) is 4.90 Å².